The molecule has 39 heavy (non-hydrogen) atoms. The largest absolute Gasteiger partial charge is 0.475 e. The van der Waals surface area contributed by atoms with Crippen LogP contribution in [0.3, 0.4) is 0 Å². The first-order valence-corrected chi connectivity index (χ1v) is 15.4. The van der Waals surface area contributed by atoms with Gasteiger partial charge in [-0.1, -0.05) is 65.1 Å². The SMILES string of the molecule is CC(C)(C)C(=O)SCCOP(=O)(OCCSC(=O)C(C)(C)C)OCC1=C[C@@H](O)[C@H](n2ccc(NO)nc2=O)O1. The molecule has 1 aromatic rings. The molecule has 3 N–H and O–H groups in total. The Hall–Kier alpha value is -1.71. The summed E-state index contributed by atoms with van der Waals surface area (Å²) in [5, 5.41) is 19.1. The van der Waals surface area contributed by atoms with Crippen LogP contribution in [0.2, 0.25) is 0 Å². The summed E-state index contributed by atoms with van der Waals surface area (Å²) in [6.45, 7) is 10.1. The third kappa shape index (κ3) is 10.7. The van der Waals surface area contributed by atoms with E-state index in [2.05, 4.69) is 4.98 Å². The molecule has 1 aromatic heterocycles. The predicted octanol–water partition coefficient (Wildman–Crippen LogP) is 3.59. The Morgan fingerprint density at radius 2 is 1.62 bits per heavy atom. The molecule has 0 radical (unpaired) electrons. The van der Waals surface area contributed by atoms with Gasteiger partial charge in [0.25, 0.3) is 0 Å². The van der Waals surface area contributed by atoms with Crippen LogP contribution in [0.15, 0.2) is 28.9 Å². The van der Waals surface area contributed by atoms with Gasteiger partial charge in [0.05, 0.1) is 13.2 Å². The van der Waals surface area contributed by atoms with Crippen LogP contribution in [0.25, 0.3) is 0 Å². The van der Waals surface area contributed by atoms with Gasteiger partial charge in [-0.25, -0.2) is 9.36 Å². The van der Waals surface area contributed by atoms with Gasteiger partial charge in [0, 0.05) is 28.5 Å². The second kappa shape index (κ2) is 14.3. The van der Waals surface area contributed by atoms with Crippen molar-refractivity contribution in [2.24, 2.45) is 10.8 Å². The minimum Gasteiger partial charge on any atom is -0.469 e. The molecule has 0 saturated carbocycles. The van der Waals surface area contributed by atoms with E-state index in [9.17, 15) is 24.1 Å². The number of aromatic nitrogens is 2. The molecule has 0 aromatic carbocycles. The zero-order valence-corrected chi connectivity index (χ0v) is 25.3. The van der Waals surface area contributed by atoms with E-state index in [-0.39, 0.29) is 46.5 Å². The lowest BCUT2D eigenvalue weighted by molar-refractivity contribution is -0.118. The monoisotopic (exact) mass is 609 g/mol. The van der Waals surface area contributed by atoms with E-state index in [0.717, 1.165) is 28.1 Å². The lowest BCUT2D eigenvalue weighted by atomic mass is 9.99. The van der Waals surface area contributed by atoms with Gasteiger partial charge in [-0.3, -0.25) is 38.4 Å². The number of carbonyl (C=O) groups excluding carboxylic acids is 2. The number of anilines is 1. The molecule has 0 unspecified atom stereocenters. The highest BCUT2D eigenvalue weighted by molar-refractivity contribution is 8.14. The standard InChI is InChI=1S/C23H36N3O10PS2/c1-22(2,3)19(28)38-11-9-33-37(32,34-10-12-39-20(29)23(4,5)6)35-14-15-13-16(27)18(36-15)26-8-7-17(25-31)24-21(26)30/h7-8,13,16,18,27,31H,9-12,14H2,1-6H3,(H,24,25,30)/t16-,18-/m1/s1. The molecule has 0 aliphatic carbocycles. The molecular weight excluding hydrogens is 573 g/mol. The van der Waals surface area contributed by atoms with E-state index >= 15 is 0 Å². The summed E-state index contributed by atoms with van der Waals surface area (Å²) >= 11 is 2.06. The normalized spacial score (nSPS) is 18.0. The molecule has 16 heteroatoms. The molecule has 0 bridgehead atoms. The van der Waals surface area contributed by atoms with Crippen molar-refractivity contribution in [3.05, 3.63) is 34.6 Å². The molecule has 0 fully saturated rings. The molecule has 13 nitrogen and oxygen atoms in total. The van der Waals surface area contributed by atoms with Gasteiger partial charge >= 0.3 is 13.5 Å². The van der Waals surface area contributed by atoms with Gasteiger partial charge in [-0.05, 0) is 12.1 Å². The van der Waals surface area contributed by atoms with E-state index in [1.54, 1.807) is 47.0 Å². The minimum absolute atomic E-state index is 0.0584. The molecule has 0 amide bonds. The van der Waals surface area contributed by atoms with E-state index in [1.807, 2.05) is 0 Å². The number of aliphatic hydroxyl groups is 1. The average Bonchev–Trinajstić information content (AvgIpc) is 3.22. The fourth-order valence-corrected chi connectivity index (χ4v) is 5.72. The second-order valence-corrected chi connectivity index (χ2v) is 14.2. The highest BCUT2D eigenvalue weighted by atomic mass is 32.2. The zero-order chi connectivity index (χ0) is 29.4. The average molecular weight is 610 g/mol. The number of hydrogen-bond donors (Lipinski definition) is 3. The number of nitrogens with one attached hydrogen (secondary N) is 1. The van der Waals surface area contributed by atoms with Gasteiger partial charge in [0.2, 0.25) is 6.23 Å². The highest BCUT2D eigenvalue weighted by Crippen LogP contribution is 2.50. The Morgan fingerprint density at radius 3 is 2.08 bits per heavy atom. The van der Waals surface area contributed by atoms with Gasteiger partial charge in [0.1, 0.15) is 18.5 Å². The maximum absolute atomic E-state index is 13.3. The summed E-state index contributed by atoms with van der Waals surface area (Å²) in [5.74, 6) is 0.392. The van der Waals surface area contributed by atoms with Crippen molar-refractivity contribution in [3.8, 4) is 0 Å². The van der Waals surface area contributed by atoms with E-state index in [0.29, 0.717) is 0 Å². The first kappa shape index (κ1) is 33.5. The van der Waals surface area contributed by atoms with Crippen molar-refractivity contribution in [2.45, 2.75) is 53.9 Å². The number of phosphoric acid groups is 1. The number of nitrogens with zero attached hydrogens (tertiary/aromatic N) is 2. The predicted molar refractivity (Wildman–Crippen MR) is 147 cm³/mol. The third-order valence-corrected chi connectivity index (χ3v) is 8.79. The van der Waals surface area contributed by atoms with Crippen molar-refractivity contribution in [1.29, 1.82) is 0 Å². The highest BCUT2D eigenvalue weighted by Gasteiger charge is 2.34. The summed E-state index contributed by atoms with van der Waals surface area (Å²) in [7, 11) is -4.17. The van der Waals surface area contributed by atoms with Crippen LogP contribution >= 0.6 is 31.3 Å². The van der Waals surface area contributed by atoms with Gasteiger partial charge in [-0.2, -0.15) is 4.98 Å². The van der Waals surface area contributed by atoms with Gasteiger partial charge < -0.3 is 9.84 Å². The summed E-state index contributed by atoms with van der Waals surface area (Å²) in [6.07, 6.45) is 0.118. The molecule has 0 spiro atoms. The Balaban J connectivity index is 2.00. The van der Waals surface area contributed by atoms with Crippen molar-refractivity contribution >= 4 is 47.4 Å². The summed E-state index contributed by atoms with van der Waals surface area (Å²) in [6, 6.07) is 1.30. The quantitative estimate of drug-likeness (QED) is 0.168. The van der Waals surface area contributed by atoms with Crippen molar-refractivity contribution in [3.63, 3.8) is 0 Å². The van der Waals surface area contributed by atoms with Crippen LogP contribution in [-0.2, 0) is 32.5 Å². The molecular formula is C23H36N3O10PS2. The van der Waals surface area contributed by atoms with Crippen LogP contribution in [-0.4, -0.2) is 67.5 Å². The Morgan fingerprint density at radius 1 is 1.08 bits per heavy atom. The smallest absolute Gasteiger partial charge is 0.469 e. The minimum atomic E-state index is -4.17. The number of carbonyl (C=O) groups is 2. The first-order valence-electron chi connectivity index (χ1n) is 12.0. The third-order valence-electron chi connectivity index (χ3n) is 4.86. The van der Waals surface area contributed by atoms with Crippen molar-refractivity contribution < 1.29 is 42.8 Å². The lowest BCUT2D eigenvalue weighted by Gasteiger charge is -2.21. The first-order chi connectivity index (χ1) is 18.1. The number of rotatable bonds is 13. The van der Waals surface area contributed by atoms with Gasteiger partial charge in [0.15, 0.2) is 16.0 Å². The number of hydrogen-bond acceptors (Lipinski definition) is 14. The number of thioether (sulfide) groups is 2. The second-order valence-electron chi connectivity index (χ2n) is 10.4. The van der Waals surface area contributed by atoms with Crippen molar-refractivity contribution in [2.75, 3.05) is 36.8 Å². The fraction of sp³-hybridized carbons (Fsp3) is 0.652. The molecule has 1 aliphatic heterocycles. The summed E-state index contributed by atoms with van der Waals surface area (Å²) in [5.41, 5.74) is -0.139. The summed E-state index contributed by atoms with van der Waals surface area (Å²) in [4.78, 5) is 40.0. The van der Waals surface area contributed by atoms with Crippen LogP contribution in [0.4, 0.5) is 5.82 Å². The molecule has 2 rings (SSSR count). The number of ether oxygens (including phenoxy) is 1. The number of phosphoric ester groups is 1. The molecule has 0 saturated heterocycles. The molecule has 2 heterocycles. The molecule has 2 atom stereocenters. The fourth-order valence-electron chi connectivity index (χ4n) is 2.76. The van der Waals surface area contributed by atoms with E-state index in [1.165, 1.54) is 18.3 Å². The van der Waals surface area contributed by atoms with Gasteiger partial charge in [-0.15, -0.1) is 0 Å². The van der Waals surface area contributed by atoms with Crippen molar-refractivity contribution in [1.82, 2.24) is 9.55 Å². The Bertz CT molecular complexity index is 1110. The van der Waals surface area contributed by atoms with Crippen LogP contribution in [0, 0.1) is 10.8 Å². The lowest BCUT2D eigenvalue weighted by Crippen LogP contribution is -2.32. The maximum Gasteiger partial charge on any atom is 0.475 e. The summed E-state index contributed by atoms with van der Waals surface area (Å²) < 4.78 is 36.2. The maximum atomic E-state index is 13.3. The molecule has 220 valence electrons. The van der Waals surface area contributed by atoms with E-state index in [4.69, 9.17) is 23.5 Å². The van der Waals surface area contributed by atoms with E-state index < -0.39 is 43.3 Å². The van der Waals surface area contributed by atoms with Crippen LogP contribution < -0.4 is 11.2 Å². The van der Waals surface area contributed by atoms with Crippen LogP contribution in [0.1, 0.15) is 47.8 Å². The zero-order valence-electron chi connectivity index (χ0n) is 22.7. The molecule has 1 aliphatic rings. The number of aliphatic hydroxyl groups excluding tert-OH is 1. The van der Waals surface area contributed by atoms with Crippen LogP contribution in [0.5, 0.6) is 0 Å². The topological polar surface area (TPSA) is 176 Å². The Kier molecular flexibility index (Phi) is 12.3. The Labute approximate surface area is 235 Å².